The number of rotatable bonds is 2. The molecule has 0 bridgehead atoms. The van der Waals surface area contributed by atoms with Crippen LogP contribution in [0.15, 0.2) is 54.6 Å². The smallest absolute Gasteiger partial charge is 0.340 e. The minimum Gasteiger partial charge on any atom is -0.441 e. The Morgan fingerprint density at radius 3 is 1.76 bits per heavy atom. The molecule has 3 aromatic carbocycles. The molecule has 7 rings (SSSR count). The molecule has 0 atom stereocenters. The summed E-state index contributed by atoms with van der Waals surface area (Å²) in [5.74, 6) is -0.215. The van der Waals surface area contributed by atoms with Gasteiger partial charge in [-0.3, -0.25) is 0 Å². The Balaban J connectivity index is 1.54. The summed E-state index contributed by atoms with van der Waals surface area (Å²) in [4.78, 5) is 18.5. The van der Waals surface area contributed by atoms with Crippen molar-refractivity contribution in [3.8, 4) is 0 Å². The Morgan fingerprint density at radius 1 is 0.757 bits per heavy atom. The highest BCUT2D eigenvalue weighted by atomic mass is 28.3. The van der Waals surface area contributed by atoms with E-state index in [0.717, 1.165) is 42.9 Å². The van der Waals surface area contributed by atoms with E-state index in [4.69, 9.17) is 4.74 Å². The lowest BCUT2D eigenvalue weighted by Gasteiger charge is -2.45. The predicted octanol–water partition coefficient (Wildman–Crippen LogP) is 5.00. The van der Waals surface area contributed by atoms with Crippen molar-refractivity contribution in [3.63, 3.8) is 0 Å². The summed E-state index contributed by atoms with van der Waals surface area (Å²) >= 11 is 0. The number of benzene rings is 3. The van der Waals surface area contributed by atoms with Crippen molar-refractivity contribution >= 4 is 35.8 Å². The fraction of sp³-hybridized carbons (Fsp3) is 0.406. The van der Waals surface area contributed by atoms with Crippen LogP contribution in [0.4, 0.5) is 11.4 Å². The molecule has 37 heavy (non-hydrogen) atoms. The predicted molar refractivity (Wildman–Crippen MR) is 154 cm³/mol. The summed E-state index contributed by atoms with van der Waals surface area (Å²) in [6, 6.07) is 20.3. The second-order valence-electron chi connectivity index (χ2n) is 12.8. The number of carbonyl (C=O) groups is 1. The Labute approximate surface area is 221 Å². The van der Waals surface area contributed by atoms with Crippen molar-refractivity contribution in [1.29, 1.82) is 0 Å². The van der Waals surface area contributed by atoms with Gasteiger partial charge in [-0.15, -0.1) is 0 Å². The van der Waals surface area contributed by atoms with Gasteiger partial charge in [-0.05, 0) is 70.6 Å². The molecule has 0 aromatic heterocycles. The van der Waals surface area contributed by atoms with Gasteiger partial charge >= 0.3 is 5.97 Å². The van der Waals surface area contributed by atoms with Crippen molar-refractivity contribution in [2.45, 2.75) is 57.7 Å². The molecular formula is C32H36N2O2Si. The summed E-state index contributed by atoms with van der Waals surface area (Å²) in [6.45, 7) is 16.1. The van der Waals surface area contributed by atoms with E-state index in [1.807, 2.05) is 6.07 Å². The SMILES string of the molecule is CC(C)(C)c1ccc2c(c1)C1(OC2=O)c2ccc(N3CCC3)cc2[Si](C)(C)c2cc(N3CCC3)ccc21. The first-order valence-electron chi connectivity index (χ1n) is 13.8. The zero-order chi connectivity index (χ0) is 25.7. The lowest BCUT2D eigenvalue weighted by Crippen LogP contribution is -2.63. The highest BCUT2D eigenvalue weighted by Crippen LogP contribution is 2.50. The van der Waals surface area contributed by atoms with Gasteiger partial charge in [0.1, 0.15) is 8.07 Å². The summed E-state index contributed by atoms with van der Waals surface area (Å²) < 4.78 is 6.61. The summed E-state index contributed by atoms with van der Waals surface area (Å²) in [7, 11) is -2.10. The van der Waals surface area contributed by atoms with Crippen molar-refractivity contribution in [2.75, 3.05) is 36.0 Å². The van der Waals surface area contributed by atoms with Crippen LogP contribution in [0.1, 0.15) is 66.2 Å². The first-order valence-corrected chi connectivity index (χ1v) is 16.8. The van der Waals surface area contributed by atoms with Gasteiger partial charge < -0.3 is 14.5 Å². The third-order valence-electron chi connectivity index (χ3n) is 9.28. The molecular weight excluding hydrogens is 472 g/mol. The minimum absolute atomic E-state index is 0.0288. The molecule has 4 nitrogen and oxygen atoms in total. The normalized spacial score (nSPS) is 20.5. The molecule has 190 valence electrons. The highest BCUT2D eigenvalue weighted by molar-refractivity contribution is 7.01. The van der Waals surface area contributed by atoms with Crippen LogP contribution in [0.2, 0.25) is 13.1 Å². The number of carbonyl (C=O) groups excluding carboxylic acids is 1. The van der Waals surface area contributed by atoms with Gasteiger partial charge in [0, 0.05) is 54.2 Å². The van der Waals surface area contributed by atoms with Gasteiger partial charge in [0.2, 0.25) is 0 Å². The van der Waals surface area contributed by atoms with E-state index in [-0.39, 0.29) is 11.4 Å². The van der Waals surface area contributed by atoms with Gasteiger partial charge in [0.15, 0.2) is 5.60 Å². The minimum atomic E-state index is -2.10. The van der Waals surface area contributed by atoms with Crippen molar-refractivity contribution in [2.24, 2.45) is 0 Å². The number of fused-ring (bicyclic) bond motifs is 6. The van der Waals surface area contributed by atoms with E-state index in [9.17, 15) is 4.79 Å². The van der Waals surface area contributed by atoms with Crippen molar-refractivity contribution in [3.05, 3.63) is 82.4 Å². The Morgan fingerprint density at radius 2 is 1.30 bits per heavy atom. The van der Waals surface area contributed by atoms with Gasteiger partial charge in [-0.2, -0.15) is 0 Å². The maximum absolute atomic E-state index is 13.5. The number of anilines is 2. The molecule has 0 amide bonds. The van der Waals surface area contributed by atoms with Crippen LogP contribution in [-0.2, 0) is 15.8 Å². The van der Waals surface area contributed by atoms with Crippen LogP contribution in [0.25, 0.3) is 0 Å². The molecule has 2 saturated heterocycles. The van der Waals surface area contributed by atoms with Gasteiger partial charge in [0.05, 0.1) is 5.56 Å². The maximum Gasteiger partial charge on any atom is 0.340 e. The van der Waals surface area contributed by atoms with E-state index >= 15 is 0 Å². The van der Waals surface area contributed by atoms with Crippen LogP contribution in [0.5, 0.6) is 0 Å². The highest BCUT2D eigenvalue weighted by Gasteiger charge is 2.56. The van der Waals surface area contributed by atoms with E-state index in [1.165, 1.54) is 40.2 Å². The van der Waals surface area contributed by atoms with Crippen LogP contribution < -0.4 is 20.2 Å². The second kappa shape index (κ2) is 7.50. The van der Waals surface area contributed by atoms with Crippen LogP contribution in [0, 0.1) is 0 Å². The zero-order valence-corrected chi connectivity index (χ0v) is 23.6. The number of hydrogen-bond acceptors (Lipinski definition) is 4. The molecule has 5 heteroatoms. The van der Waals surface area contributed by atoms with Crippen molar-refractivity contribution in [1.82, 2.24) is 0 Å². The van der Waals surface area contributed by atoms with E-state index in [1.54, 1.807) is 0 Å². The van der Waals surface area contributed by atoms with Crippen LogP contribution >= 0.6 is 0 Å². The van der Waals surface area contributed by atoms with Gasteiger partial charge in [-0.25, -0.2) is 4.79 Å². The molecule has 4 heterocycles. The van der Waals surface area contributed by atoms with Crippen molar-refractivity contribution < 1.29 is 9.53 Å². The van der Waals surface area contributed by atoms with E-state index < -0.39 is 13.7 Å². The molecule has 0 aliphatic carbocycles. The fourth-order valence-electron chi connectivity index (χ4n) is 6.67. The number of ether oxygens (including phenoxy) is 1. The third kappa shape index (κ3) is 3.10. The van der Waals surface area contributed by atoms with Gasteiger partial charge in [-0.1, -0.05) is 52.1 Å². The zero-order valence-electron chi connectivity index (χ0n) is 22.6. The first-order chi connectivity index (χ1) is 17.6. The second-order valence-corrected chi connectivity index (χ2v) is 17.2. The fourth-order valence-corrected chi connectivity index (χ4v) is 9.85. The Bertz CT molecular complexity index is 1390. The largest absolute Gasteiger partial charge is 0.441 e. The summed E-state index contributed by atoms with van der Waals surface area (Å²) in [6.07, 6.45) is 2.51. The monoisotopic (exact) mass is 508 g/mol. The number of esters is 1. The van der Waals surface area contributed by atoms with E-state index in [2.05, 4.69) is 92.2 Å². The Hall–Kier alpha value is -3.05. The molecule has 0 saturated carbocycles. The quantitative estimate of drug-likeness (QED) is 0.360. The maximum atomic E-state index is 13.5. The lowest BCUT2D eigenvalue weighted by molar-refractivity contribution is 0.0255. The van der Waals surface area contributed by atoms with E-state index in [0.29, 0.717) is 5.56 Å². The molecule has 0 N–H and O–H groups in total. The average molecular weight is 509 g/mol. The topological polar surface area (TPSA) is 32.8 Å². The molecule has 3 aromatic rings. The number of nitrogens with zero attached hydrogens (tertiary/aromatic N) is 2. The van der Waals surface area contributed by atoms with Crippen LogP contribution in [0.3, 0.4) is 0 Å². The third-order valence-corrected chi connectivity index (χ3v) is 12.8. The Kier molecular flexibility index (Phi) is 4.68. The summed E-state index contributed by atoms with van der Waals surface area (Å²) in [5.41, 5.74) is 6.93. The molecule has 1 spiro atoms. The molecule has 0 radical (unpaired) electrons. The average Bonchev–Trinajstić information content (AvgIpc) is 3.08. The molecule has 2 fully saturated rings. The molecule has 4 aliphatic heterocycles. The summed E-state index contributed by atoms with van der Waals surface area (Å²) in [5, 5.41) is 2.79. The first kappa shape index (κ1) is 23.1. The van der Waals surface area contributed by atoms with Gasteiger partial charge in [0.25, 0.3) is 0 Å². The number of hydrogen-bond donors (Lipinski definition) is 0. The lowest BCUT2D eigenvalue weighted by atomic mass is 9.76. The molecule has 0 unspecified atom stereocenters. The standard InChI is InChI=1S/C32H36N2O2Si/c1-31(2,3)21-8-11-24-27(18-21)32(36-30(24)35)25-12-9-22(33-14-6-15-33)19-28(25)37(4,5)29-20-23(10-13-26(29)32)34-16-7-17-34/h8-13,18-20H,6-7,14-17H2,1-5H3. The van der Waals surface area contributed by atoms with Crippen LogP contribution in [-0.4, -0.2) is 40.2 Å². The molecule has 4 aliphatic rings.